The largest absolute Gasteiger partial charge is 0.496 e. The van der Waals surface area contributed by atoms with Gasteiger partial charge in [0.1, 0.15) is 17.4 Å². The predicted molar refractivity (Wildman–Crippen MR) is 80.3 cm³/mol. The van der Waals surface area contributed by atoms with E-state index in [2.05, 4.69) is 5.32 Å². The van der Waals surface area contributed by atoms with Crippen molar-refractivity contribution in [2.75, 3.05) is 14.2 Å². The second-order valence-corrected chi connectivity index (χ2v) is 5.24. The molecule has 0 saturated carbocycles. The molecule has 0 spiro atoms. The van der Waals surface area contributed by atoms with Crippen LogP contribution in [0.2, 0.25) is 10.0 Å². The molecule has 0 amide bonds. The fraction of sp³-hybridized carbons (Fsp3) is 0.200. The van der Waals surface area contributed by atoms with Gasteiger partial charge in [-0.05, 0) is 37.4 Å². The first-order chi connectivity index (χ1) is 9.97. The Kier molecular flexibility index (Phi) is 5.04. The van der Waals surface area contributed by atoms with Crippen molar-refractivity contribution in [2.24, 2.45) is 0 Å². The Labute approximate surface area is 131 Å². The Hall–Kier alpha value is -1.36. The summed E-state index contributed by atoms with van der Waals surface area (Å²) in [5, 5.41) is 3.15. The van der Waals surface area contributed by atoms with Crippen LogP contribution in [0, 0.1) is 11.6 Å². The van der Waals surface area contributed by atoms with Gasteiger partial charge in [0.05, 0.1) is 18.2 Å². The summed E-state index contributed by atoms with van der Waals surface area (Å²) >= 11 is 11.6. The van der Waals surface area contributed by atoms with Crippen LogP contribution in [0.5, 0.6) is 5.75 Å². The van der Waals surface area contributed by atoms with Crippen LogP contribution in [0.15, 0.2) is 30.3 Å². The minimum Gasteiger partial charge on any atom is -0.496 e. The van der Waals surface area contributed by atoms with Crippen molar-refractivity contribution < 1.29 is 13.5 Å². The molecule has 0 aliphatic rings. The molecule has 6 heteroatoms. The normalized spacial score (nSPS) is 12.3. The maximum atomic E-state index is 14.1. The maximum absolute atomic E-state index is 14.1. The van der Waals surface area contributed by atoms with E-state index in [0.29, 0.717) is 16.3 Å². The molecule has 0 aliphatic carbocycles. The maximum Gasteiger partial charge on any atom is 0.142 e. The molecule has 0 saturated heterocycles. The molecule has 0 bridgehead atoms. The Morgan fingerprint density at radius 1 is 1.05 bits per heavy atom. The molecule has 1 N–H and O–H groups in total. The number of hydrogen-bond acceptors (Lipinski definition) is 2. The monoisotopic (exact) mass is 331 g/mol. The van der Waals surface area contributed by atoms with E-state index in [1.165, 1.54) is 7.11 Å². The van der Waals surface area contributed by atoms with E-state index in [4.69, 9.17) is 27.9 Å². The first-order valence-corrected chi connectivity index (χ1v) is 6.88. The molecule has 1 atom stereocenters. The Morgan fingerprint density at radius 3 is 2.38 bits per heavy atom. The predicted octanol–water partition coefficient (Wildman–Crippen LogP) is 4.59. The van der Waals surface area contributed by atoms with Gasteiger partial charge in [-0.3, -0.25) is 0 Å². The smallest absolute Gasteiger partial charge is 0.142 e. The number of nitrogens with one attached hydrogen (secondary N) is 1. The Morgan fingerprint density at radius 2 is 1.76 bits per heavy atom. The zero-order valence-electron chi connectivity index (χ0n) is 11.4. The van der Waals surface area contributed by atoms with E-state index in [1.54, 1.807) is 25.2 Å². The Bertz CT molecular complexity index is 664. The van der Waals surface area contributed by atoms with Gasteiger partial charge < -0.3 is 10.1 Å². The number of benzene rings is 2. The van der Waals surface area contributed by atoms with Crippen molar-refractivity contribution in [3.05, 3.63) is 63.1 Å². The molecule has 0 aliphatic heterocycles. The second kappa shape index (κ2) is 6.60. The van der Waals surface area contributed by atoms with Crippen molar-refractivity contribution in [1.29, 1.82) is 0 Å². The standard InChI is InChI=1S/C15H13Cl2F2NO/c1-20-15(9-6-13(19)11(17)7-12(9)18)10-5-8(16)3-4-14(10)21-2/h3-7,15,20H,1-2H3. The zero-order chi connectivity index (χ0) is 15.6. The van der Waals surface area contributed by atoms with Crippen LogP contribution in [-0.4, -0.2) is 14.2 Å². The molecule has 2 nitrogen and oxygen atoms in total. The van der Waals surface area contributed by atoms with Crippen LogP contribution in [0.25, 0.3) is 0 Å². The van der Waals surface area contributed by atoms with E-state index in [1.807, 2.05) is 0 Å². The number of ether oxygens (including phenoxy) is 1. The van der Waals surface area contributed by atoms with Crippen molar-refractivity contribution in [3.8, 4) is 5.75 Å². The van der Waals surface area contributed by atoms with Crippen LogP contribution in [-0.2, 0) is 0 Å². The zero-order valence-corrected chi connectivity index (χ0v) is 12.9. The van der Waals surface area contributed by atoms with Crippen molar-refractivity contribution in [1.82, 2.24) is 5.32 Å². The minimum absolute atomic E-state index is 0.125. The molecule has 2 aromatic rings. The first kappa shape index (κ1) is 16.0. The van der Waals surface area contributed by atoms with E-state index in [0.717, 1.165) is 12.1 Å². The van der Waals surface area contributed by atoms with Crippen molar-refractivity contribution in [2.45, 2.75) is 6.04 Å². The van der Waals surface area contributed by atoms with Crippen LogP contribution in [0.4, 0.5) is 8.78 Å². The summed E-state index contributed by atoms with van der Waals surface area (Å²) in [5.74, 6) is -0.773. The molecule has 0 radical (unpaired) electrons. The number of rotatable bonds is 4. The molecule has 0 heterocycles. The van der Waals surface area contributed by atoms with Gasteiger partial charge in [0.15, 0.2) is 0 Å². The van der Waals surface area contributed by atoms with Gasteiger partial charge in [-0.1, -0.05) is 23.2 Å². The average molecular weight is 332 g/mol. The van der Waals surface area contributed by atoms with Gasteiger partial charge in [-0.2, -0.15) is 0 Å². The fourth-order valence-corrected chi connectivity index (χ4v) is 2.50. The summed E-state index contributed by atoms with van der Waals surface area (Å²) < 4.78 is 33.0. The minimum atomic E-state index is -0.686. The summed E-state index contributed by atoms with van der Waals surface area (Å²) in [7, 11) is 3.13. The SMILES string of the molecule is CNC(c1cc(F)c(Cl)cc1F)c1cc(Cl)ccc1OC. The third kappa shape index (κ3) is 3.28. The van der Waals surface area contributed by atoms with Crippen LogP contribution in [0.1, 0.15) is 17.2 Å². The summed E-state index contributed by atoms with van der Waals surface area (Å²) in [6.45, 7) is 0. The van der Waals surface area contributed by atoms with Crippen LogP contribution in [0.3, 0.4) is 0 Å². The van der Waals surface area contributed by atoms with E-state index >= 15 is 0 Å². The van der Waals surface area contributed by atoms with Gasteiger partial charge >= 0.3 is 0 Å². The second-order valence-electron chi connectivity index (χ2n) is 4.40. The molecule has 112 valence electrons. The molecule has 2 aromatic carbocycles. The molecular weight excluding hydrogens is 319 g/mol. The summed E-state index contributed by atoms with van der Waals surface area (Å²) in [6, 6.07) is 6.38. The van der Waals surface area contributed by atoms with Crippen LogP contribution < -0.4 is 10.1 Å². The van der Waals surface area contributed by atoms with E-state index < -0.39 is 17.7 Å². The van der Waals surface area contributed by atoms with Crippen molar-refractivity contribution >= 4 is 23.2 Å². The van der Waals surface area contributed by atoms with Crippen molar-refractivity contribution in [3.63, 3.8) is 0 Å². The molecular formula is C15H13Cl2F2NO. The third-order valence-electron chi connectivity index (χ3n) is 3.14. The molecule has 1 unspecified atom stereocenters. The van der Waals surface area contributed by atoms with E-state index in [-0.39, 0.29) is 10.6 Å². The lowest BCUT2D eigenvalue weighted by molar-refractivity contribution is 0.404. The highest BCUT2D eigenvalue weighted by Crippen LogP contribution is 2.34. The summed E-state index contributed by atoms with van der Waals surface area (Å²) in [6.07, 6.45) is 0. The van der Waals surface area contributed by atoms with Gasteiger partial charge in [0, 0.05) is 16.1 Å². The number of halogens is 4. The fourth-order valence-electron chi connectivity index (χ4n) is 2.17. The first-order valence-electron chi connectivity index (χ1n) is 6.13. The van der Waals surface area contributed by atoms with Gasteiger partial charge in [-0.15, -0.1) is 0 Å². The lowest BCUT2D eigenvalue weighted by Gasteiger charge is -2.21. The topological polar surface area (TPSA) is 21.3 Å². The molecule has 2 rings (SSSR count). The average Bonchev–Trinajstić information content (AvgIpc) is 2.45. The summed E-state index contributed by atoms with van der Waals surface area (Å²) in [5.41, 5.74) is 0.730. The highest BCUT2D eigenvalue weighted by molar-refractivity contribution is 6.31. The van der Waals surface area contributed by atoms with E-state index in [9.17, 15) is 8.78 Å². The summed E-state index contributed by atoms with van der Waals surface area (Å²) in [4.78, 5) is 0. The Balaban J connectivity index is 2.59. The lowest BCUT2D eigenvalue weighted by Crippen LogP contribution is -2.20. The highest BCUT2D eigenvalue weighted by atomic mass is 35.5. The third-order valence-corrected chi connectivity index (χ3v) is 3.67. The number of methoxy groups -OCH3 is 1. The van der Waals surface area contributed by atoms with Crippen LogP contribution >= 0.6 is 23.2 Å². The van der Waals surface area contributed by atoms with Gasteiger partial charge in [0.2, 0.25) is 0 Å². The highest BCUT2D eigenvalue weighted by Gasteiger charge is 2.22. The van der Waals surface area contributed by atoms with Gasteiger partial charge in [0.25, 0.3) is 0 Å². The quantitative estimate of drug-likeness (QED) is 0.827. The molecule has 21 heavy (non-hydrogen) atoms. The van der Waals surface area contributed by atoms with Gasteiger partial charge in [-0.25, -0.2) is 8.78 Å². The lowest BCUT2D eigenvalue weighted by atomic mass is 9.97. The molecule has 0 fully saturated rings. The molecule has 0 aromatic heterocycles. The number of hydrogen-bond donors (Lipinski definition) is 1.